The molecule has 3 aromatic rings. The van der Waals surface area contributed by atoms with Gasteiger partial charge in [-0.05, 0) is 42.7 Å². The molecule has 3 rings (SSSR count). The Morgan fingerprint density at radius 2 is 1.57 bits per heavy atom. The third kappa shape index (κ3) is 5.10. The quantitative estimate of drug-likeness (QED) is 0.586. The number of benzene rings is 2. The minimum absolute atomic E-state index is 0.648. The van der Waals surface area contributed by atoms with Crippen LogP contribution in [-0.4, -0.2) is 9.55 Å². The van der Waals surface area contributed by atoms with E-state index in [1.54, 1.807) is 0 Å². The molecule has 1 heterocycles. The second-order valence-corrected chi connectivity index (χ2v) is 6.19. The van der Waals surface area contributed by atoms with Crippen LogP contribution in [0.2, 0.25) is 0 Å². The van der Waals surface area contributed by atoms with Crippen molar-refractivity contribution in [3.8, 4) is 0 Å². The summed E-state index contributed by atoms with van der Waals surface area (Å²) < 4.78 is 2.20. The van der Waals surface area contributed by atoms with Crippen molar-refractivity contribution in [3.63, 3.8) is 0 Å². The molecule has 0 saturated carbocycles. The number of aromatic nitrogens is 2. The summed E-state index contributed by atoms with van der Waals surface area (Å²) in [6.07, 6.45) is 10.6. The molecule has 2 nitrogen and oxygen atoms in total. The average molecular weight is 304 g/mol. The zero-order valence-corrected chi connectivity index (χ0v) is 13.5. The lowest BCUT2D eigenvalue weighted by molar-refractivity contribution is 0.401. The topological polar surface area (TPSA) is 17.8 Å². The number of imidazole rings is 1. The van der Waals surface area contributed by atoms with Gasteiger partial charge in [-0.2, -0.15) is 0 Å². The summed E-state index contributed by atoms with van der Waals surface area (Å²) in [7, 11) is 0. The summed E-state index contributed by atoms with van der Waals surface area (Å²) >= 11 is 0. The lowest BCUT2D eigenvalue weighted by Crippen LogP contribution is -2.13. The summed E-state index contributed by atoms with van der Waals surface area (Å²) in [6.45, 7) is 1.05. The molecule has 0 saturated heterocycles. The first-order valence-corrected chi connectivity index (χ1v) is 8.44. The maximum atomic E-state index is 4.17. The first kappa shape index (κ1) is 15.5. The molecule has 0 aliphatic rings. The zero-order chi connectivity index (χ0) is 15.7. The summed E-state index contributed by atoms with van der Waals surface area (Å²) in [6, 6.07) is 21.6. The molecular formula is C21H24N2. The Balaban J connectivity index is 1.58. The molecule has 0 amide bonds. The highest BCUT2D eigenvalue weighted by molar-refractivity contribution is 5.16. The minimum atomic E-state index is 0.648. The maximum Gasteiger partial charge on any atom is 0.0945 e. The van der Waals surface area contributed by atoms with Gasteiger partial charge in [-0.25, -0.2) is 4.98 Å². The van der Waals surface area contributed by atoms with Gasteiger partial charge in [0.2, 0.25) is 0 Å². The molecule has 2 aromatic carbocycles. The fourth-order valence-corrected chi connectivity index (χ4v) is 3.14. The number of hydrogen-bond donors (Lipinski definition) is 0. The van der Waals surface area contributed by atoms with E-state index < -0.39 is 0 Å². The summed E-state index contributed by atoms with van der Waals surface area (Å²) in [5.41, 5.74) is 2.87. The van der Waals surface area contributed by atoms with Gasteiger partial charge in [-0.15, -0.1) is 0 Å². The van der Waals surface area contributed by atoms with Gasteiger partial charge in [0.25, 0.3) is 0 Å². The Hall–Kier alpha value is -2.35. The van der Waals surface area contributed by atoms with Gasteiger partial charge in [0.05, 0.1) is 6.33 Å². The fourth-order valence-electron chi connectivity index (χ4n) is 3.14. The van der Waals surface area contributed by atoms with Crippen LogP contribution in [0.25, 0.3) is 0 Å². The lowest BCUT2D eigenvalue weighted by atomic mass is 9.93. The van der Waals surface area contributed by atoms with E-state index in [2.05, 4.69) is 76.4 Å². The number of nitrogens with zero attached hydrogens (tertiary/aromatic N) is 2. The van der Waals surface area contributed by atoms with Crippen molar-refractivity contribution in [2.75, 3.05) is 0 Å². The highest BCUT2D eigenvalue weighted by Gasteiger charge is 2.11. The predicted molar refractivity (Wildman–Crippen MR) is 95.2 cm³/mol. The van der Waals surface area contributed by atoms with Crippen LogP contribution in [0.4, 0.5) is 0 Å². The standard InChI is InChI=1S/C21H24N2/c1-3-8-19(9-4-1)12-7-13-21(17-23-15-14-22-18-23)16-20-10-5-2-6-11-20/h1-6,8-11,14-15,18,21H,7,12-13,16-17H2. The van der Waals surface area contributed by atoms with Crippen molar-refractivity contribution in [1.29, 1.82) is 0 Å². The average Bonchev–Trinajstić information content (AvgIpc) is 3.10. The molecule has 0 radical (unpaired) electrons. The summed E-state index contributed by atoms with van der Waals surface area (Å²) in [4.78, 5) is 4.17. The van der Waals surface area contributed by atoms with Gasteiger partial charge in [0.15, 0.2) is 0 Å². The highest BCUT2D eigenvalue weighted by Crippen LogP contribution is 2.18. The van der Waals surface area contributed by atoms with Crippen molar-refractivity contribution in [3.05, 3.63) is 90.5 Å². The van der Waals surface area contributed by atoms with E-state index in [0.717, 1.165) is 19.4 Å². The molecule has 1 aromatic heterocycles. The zero-order valence-electron chi connectivity index (χ0n) is 13.5. The Morgan fingerprint density at radius 1 is 0.870 bits per heavy atom. The molecule has 2 heteroatoms. The van der Waals surface area contributed by atoms with E-state index in [1.807, 2.05) is 12.5 Å². The second-order valence-electron chi connectivity index (χ2n) is 6.19. The van der Waals surface area contributed by atoms with Crippen LogP contribution in [0.15, 0.2) is 79.4 Å². The Bertz CT molecular complexity index is 660. The smallest absolute Gasteiger partial charge is 0.0945 e. The second kappa shape index (κ2) is 8.33. The number of aryl methyl sites for hydroxylation is 1. The van der Waals surface area contributed by atoms with Crippen LogP contribution >= 0.6 is 0 Å². The molecule has 0 spiro atoms. The van der Waals surface area contributed by atoms with Crippen molar-refractivity contribution in [2.45, 2.75) is 32.2 Å². The molecule has 1 atom stereocenters. The van der Waals surface area contributed by atoms with Crippen LogP contribution < -0.4 is 0 Å². The first-order valence-electron chi connectivity index (χ1n) is 8.44. The maximum absolute atomic E-state index is 4.17. The van der Waals surface area contributed by atoms with Gasteiger partial charge in [0, 0.05) is 18.9 Å². The highest BCUT2D eigenvalue weighted by atomic mass is 15.0. The van der Waals surface area contributed by atoms with E-state index in [-0.39, 0.29) is 0 Å². The molecule has 118 valence electrons. The van der Waals surface area contributed by atoms with Crippen LogP contribution in [-0.2, 0) is 19.4 Å². The Labute approximate surface area is 138 Å². The lowest BCUT2D eigenvalue weighted by Gasteiger charge is -2.18. The van der Waals surface area contributed by atoms with Gasteiger partial charge in [-0.1, -0.05) is 60.7 Å². The monoisotopic (exact) mass is 304 g/mol. The number of hydrogen-bond acceptors (Lipinski definition) is 1. The minimum Gasteiger partial charge on any atom is -0.337 e. The van der Waals surface area contributed by atoms with Crippen LogP contribution in [0, 0.1) is 5.92 Å². The van der Waals surface area contributed by atoms with E-state index in [4.69, 9.17) is 0 Å². The molecular weight excluding hydrogens is 280 g/mol. The van der Waals surface area contributed by atoms with E-state index in [0.29, 0.717) is 5.92 Å². The molecule has 0 bridgehead atoms. The molecule has 1 unspecified atom stereocenters. The van der Waals surface area contributed by atoms with Crippen LogP contribution in [0.3, 0.4) is 0 Å². The predicted octanol–water partition coefficient (Wildman–Crippen LogP) is 4.76. The molecule has 23 heavy (non-hydrogen) atoms. The number of rotatable bonds is 8. The third-order valence-corrected chi connectivity index (χ3v) is 4.32. The van der Waals surface area contributed by atoms with Gasteiger partial charge < -0.3 is 4.57 Å². The fraction of sp³-hybridized carbons (Fsp3) is 0.286. The van der Waals surface area contributed by atoms with E-state index >= 15 is 0 Å². The summed E-state index contributed by atoms with van der Waals surface area (Å²) in [5, 5.41) is 0. The van der Waals surface area contributed by atoms with Gasteiger partial charge in [-0.3, -0.25) is 0 Å². The third-order valence-electron chi connectivity index (χ3n) is 4.32. The van der Waals surface area contributed by atoms with Crippen molar-refractivity contribution >= 4 is 0 Å². The van der Waals surface area contributed by atoms with Gasteiger partial charge >= 0.3 is 0 Å². The Morgan fingerprint density at radius 3 is 2.22 bits per heavy atom. The van der Waals surface area contributed by atoms with E-state index in [9.17, 15) is 0 Å². The van der Waals surface area contributed by atoms with Crippen molar-refractivity contribution in [2.24, 2.45) is 5.92 Å². The normalized spacial score (nSPS) is 12.2. The largest absolute Gasteiger partial charge is 0.337 e. The van der Waals surface area contributed by atoms with Crippen molar-refractivity contribution < 1.29 is 0 Å². The summed E-state index contributed by atoms with van der Waals surface area (Å²) in [5.74, 6) is 0.648. The van der Waals surface area contributed by atoms with Crippen LogP contribution in [0.1, 0.15) is 24.0 Å². The first-order chi connectivity index (χ1) is 11.4. The molecule has 0 aliphatic carbocycles. The molecule has 0 aliphatic heterocycles. The van der Waals surface area contributed by atoms with Gasteiger partial charge in [0.1, 0.15) is 0 Å². The van der Waals surface area contributed by atoms with E-state index in [1.165, 1.54) is 24.0 Å². The van der Waals surface area contributed by atoms with Crippen molar-refractivity contribution in [1.82, 2.24) is 9.55 Å². The van der Waals surface area contributed by atoms with Crippen LogP contribution in [0.5, 0.6) is 0 Å². The Kier molecular flexibility index (Phi) is 5.63. The molecule has 0 N–H and O–H groups in total. The molecule has 0 fully saturated rings. The SMILES string of the molecule is c1ccc(CCCC(Cc2ccccc2)Cn2ccnc2)cc1.